The average Bonchev–Trinajstić information content (AvgIpc) is 2.74. The molecule has 0 fully saturated rings. The zero-order chi connectivity index (χ0) is 11.4. The van der Waals surface area contributed by atoms with Crippen molar-refractivity contribution in [2.24, 2.45) is 0 Å². The van der Waals surface area contributed by atoms with Gasteiger partial charge in [0.15, 0.2) is 0 Å². The van der Waals surface area contributed by atoms with Gasteiger partial charge >= 0.3 is 0 Å². The largest absolute Gasteiger partial charge is 0.347 e. The molecule has 1 aromatic heterocycles. The summed E-state index contributed by atoms with van der Waals surface area (Å²) in [7, 11) is 0. The van der Waals surface area contributed by atoms with Crippen molar-refractivity contribution >= 4 is 11.6 Å². The van der Waals surface area contributed by atoms with Crippen LogP contribution in [0.25, 0.3) is 0 Å². The Morgan fingerprint density at radius 1 is 1.38 bits per heavy atom. The molecule has 0 saturated heterocycles. The summed E-state index contributed by atoms with van der Waals surface area (Å²) in [6, 6.07) is 5.95. The molecule has 0 atom stereocenters. The molecule has 0 saturated carbocycles. The number of hydrogen-bond acceptors (Lipinski definition) is 2. The third-order valence-corrected chi connectivity index (χ3v) is 2.73. The Morgan fingerprint density at radius 2 is 2.25 bits per heavy atom. The molecule has 0 aliphatic carbocycles. The Bertz CT molecular complexity index is 451. The number of nitrogens with one attached hydrogen (secondary N) is 2. The first-order chi connectivity index (χ1) is 7.75. The second-order valence-corrected chi connectivity index (χ2v) is 4.19. The van der Waals surface area contributed by atoms with Crippen molar-refractivity contribution in [2.45, 2.75) is 20.0 Å². The van der Waals surface area contributed by atoms with Crippen LogP contribution < -0.4 is 5.32 Å². The number of aromatic nitrogens is 2. The zero-order valence-corrected chi connectivity index (χ0v) is 9.88. The van der Waals surface area contributed by atoms with Gasteiger partial charge in [0, 0.05) is 30.0 Å². The van der Waals surface area contributed by atoms with Crippen molar-refractivity contribution in [1.29, 1.82) is 0 Å². The summed E-state index contributed by atoms with van der Waals surface area (Å²) in [5, 5.41) is 4.14. The fraction of sp³-hybridized carbons (Fsp3) is 0.250. The van der Waals surface area contributed by atoms with Crippen LogP contribution in [-0.4, -0.2) is 9.97 Å². The molecule has 0 aliphatic heterocycles. The van der Waals surface area contributed by atoms with Crippen LogP contribution in [0.3, 0.4) is 0 Å². The molecular weight excluding hydrogens is 222 g/mol. The molecule has 4 heteroatoms. The van der Waals surface area contributed by atoms with Gasteiger partial charge < -0.3 is 10.3 Å². The van der Waals surface area contributed by atoms with E-state index >= 15 is 0 Å². The van der Waals surface area contributed by atoms with Crippen molar-refractivity contribution in [1.82, 2.24) is 15.3 Å². The molecule has 0 unspecified atom stereocenters. The number of nitrogens with zero attached hydrogens (tertiary/aromatic N) is 1. The Kier molecular flexibility index (Phi) is 3.59. The molecule has 0 aliphatic rings. The number of hydrogen-bond donors (Lipinski definition) is 2. The molecule has 16 heavy (non-hydrogen) atoms. The summed E-state index contributed by atoms with van der Waals surface area (Å²) in [5.74, 6) is 0. The maximum atomic E-state index is 5.90. The normalized spacial score (nSPS) is 10.6. The van der Waals surface area contributed by atoms with Gasteiger partial charge in [-0.05, 0) is 30.2 Å². The molecule has 0 bridgehead atoms. The minimum atomic E-state index is 0.787. The first-order valence-corrected chi connectivity index (χ1v) is 5.56. The Morgan fingerprint density at radius 3 is 2.94 bits per heavy atom. The van der Waals surface area contributed by atoms with Crippen LogP contribution >= 0.6 is 11.6 Å². The molecule has 1 aromatic carbocycles. The van der Waals surface area contributed by atoms with E-state index < -0.39 is 0 Å². The van der Waals surface area contributed by atoms with Crippen LogP contribution in [0.5, 0.6) is 0 Å². The lowest BCUT2D eigenvalue weighted by Gasteiger charge is -2.07. The van der Waals surface area contributed by atoms with E-state index in [2.05, 4.69) is 28.3 Å². The smallest absolute Gasteiger partial charge is 0.0922 e. The number of benzene rings is 1. The number of aryl methyl sites for hydroxylation is 1. The van der Waals surface area contributed by atoms with Crippen molar-refractivity contribution in [3.8, 4) is 0 Å². The standard InChI is InChI=1S/C12H14ClN3/c1-9-4-11(13)3-2-10(9)5-14-6-12-7-15-8-16-12/h2-4,7-8,14H,5-6H2,1H3,(H,15,16). The lowest BCUT2D eigenvalue weighted by Crippen LogP contribution is -2.13. The van der Waals surface area contributed by atoms with Crippen molar-refractivity contribution in [3.05, 3.63) is 52.6 Å². The van der Waals surface area contributed by atoms with Crippen LogP contribution in [0.1, 0.15) is 16.8 Å². The van der Waals surface area contributed by atoms with E-state index in [4.69, 9.17) is 11.6 Å². The van der Waals surface area contributed by atoms with Crippen LogP contribution in [0.2, 0.25) is 5.02 Å². The van der Waals surface area contributed by atoms with Crippen molar-refractivity contribution in [3.63, 3.8) is 0 Å². The minimum Gasteiger partial charge on any atom is -0.347 e. The zero-order valence-electron chi connectivity index (χ0n) is 9.13. The van der Waals surface area contributed by atoms with E-state index in [1.165, 1.54) is 11.1 Å². The number of rotatable bonds is 4. The molecule has 2 rings (SSSR count). The highest BCUT2D eigenvalue weighted by Crippen LogP contribution is 2.14. The fourth-order valence-corrected chi connectivity index (χ4v) is 1.80. The van der Waals surface area contributed by atoms with Gasteiger partial charge in [0.2, 0.25) is 0 Å². The highest BCUT2D eigenvalue weighted by molar-refractivity contribution is 6.30. The fourth-order valence-electron chi connectivity index (χ4n) is 1.57. The Labute approximate surface area is 99.9 Å². The van der Waals surface area contributed by atoms with Gasteiger partial charge in [-0.15, -0.1) is 0 Å². The number of aromatic amines is 1. The molecular formula is C12H14ClN3. The summed E-state index contributed by atoms with van der Waals surface area (Å²) in [6.07, 6.45) is 3.51. The predicted octanol–water partition coefficient (Wildman–Crippen LogP) is 2.66. The highest BCUT2D eigenvalue weighted by atomic mass is 35.5. The maximum absolute atomic E-state index is 5.90. The summed E-state index contributed by atoms with van der Waals surface area (Å²) in [5.41, 5.74) is 3.57. The lowest BCUT2D eigenvalue weighted by molar-refractivity contribution is 0.680. The number of imidazole rings is 1. The van der Waals surface area contributed by atoms with Gasteiger partial charge in [0.25, 0.3) is 0 Å². The molecule has 84 valence electrons. The van der Waals surface area contributed by atoms with Gasteiger partial charge in [0.1, 0.15) is 0 Å². The van der Waals surface area contributed by atoms with Crippen LogP contribution in [0.15, 0.2) is 30.7 Å². The van der Waals surface area contributed by atoms with E-state index in [9.17, 15) is 0 Å². The average molecular weight is 236 g/mol. The maximum Gasteiger partial charge on any atom is 0.0922 e. The van der Waals surface area contributed by atoms with E-state index in [1.807, 2.05) is 18.3 Å². The molecule has 0 radical (unpaired) electrons. The Balaban J connectivity index is 1.90. The third kappa shape index (κ3) is 2.84. The molecule has 2 N–H and O–H groups in total. The van der Waals surface area contributed by atoms with Crippen molar-refractivity contribution < 1.29 is 0 Å². The second kappa shape index (κ2) is 5.14. The summed E-state index contributed by atoms with van der Waals surface area (Å²) >= 11 is 5.90. The quantitative estimate of drug-likeness (QED) is 0.856. The van der Waals surface area contributed by atoms with Gasteiger partial charge in [0.05, 0.1) is 6.33 Å². The monoisotopic (exact) mass is 235 g/mol. The highest BCUT2D eigenvalue weighted by Gasteiger charge is 1.99. The summed E-state index contributed by atoms with van der Waals surface area (Å²) < 4.78 is 0. The Hall–Kier alpha value is -1.32. The van der Waals surface area contributed by atoms with Crippen LogP contribution in [-0.2, 0) is 13.1 Å². The third-order valence-electron chi connectivity index (χ3n) is 2.49. The van der Waals surface area contributed by atoms with Crippen molar-refractivity contribution in [2.75, 3.05) is 0 Å². The van der Waals surface area contributed by atoms with E-state index in [1.54, 1.807) is 6.33 Å². The van der Waals surface area contributed by atoms with Gasteiger partial charge in [-0.25, -0.2) is 4.98 Å². The molecule has 1 heterocycles. The molecule has 3 nitrogen and oxygen atoms in total. The minimum absolute atomic E-state index is 0.787. The predicted molar refractivity (Wildman–Crippen MR) is 65.3 cm³/mol. The van der Waals surface area contributed by atoms with E-state index in [0.29, 0.717) is 0 Å². The molecule has 2 aromatic rings. The van der Waals surface area contributed by atoms with E-state index in [0.717, 1.165) is 23.8 Å². The summed E-state index contributed by atoms with van der Waals surface area (Å²) in [6.45, 7) is 3.70. The van der Waals surface area contributed by atoms with E-state index in [-0.39, 0.29) is 0 Å². The first-order valence-electron chi connectivity index (χ1n) is 5.18. The SMILES string of the molecule is Cc1cc(Cl)ccc1CNCc1cnc[nH]1. The topological polar surface area (TPSA) is 40.7 Å². The molecule has 0 spiro atoms. The molecule has 0 amide bonds. The van der Waals surface area contributed by atoms with Crippen LogP contribution in [0.4, 0.5) is 0 Å². The van der Waals surface area contributed by atoms with Gasteiger partial charge in [-0.2, -0.15) is 0 Å². The number of H-pyrrole nitrogens is 1. The second-order valence-electron chi connectivity index (χ2n) is 3.75. The van der Waals surface area contributed by atoms with Gasteiger partial charge in [-0.3, -0.25) is 0 Å². The summed E-state index contributed by atoms with van der Waals surface area (Å²) in [4.78, 5) is 7.02. The van der Waals surface area contributed by atoms with Gasteiger partial charge in [-0.1, -0.05) is 17.7 Å². The first kappa shape index (κ1) is 11.2. The van der Waals surface area contributed by atoms with Crippen LogP contribution in [0, 0.1) is 6.92 Å². The number of halogens is 1. The lowest BCUT2D eigenvalue weighted by atomic mass is 10.1.